The summed E-state index contributed by atoms with van der Waals surface area (Å²) in [5.74, 6) is 0.394. The van der Waals surface area contributed by atoms with Gasteiger partial charge in [0, 0.05) is 18.5 Å². The molecule has 2 amide bonds. The molecule has 0 unspecified atom stereocenters. The van der Waals surface area contributed by atoms with Crippen molar-refractivity contribution < 1.29 is 14.3 Å². The molecule has 0 radical (unpaired) electrons. The number of rotatable bonds is 6. The zero-order valence-corrected chi connectivity index (χ0v) is 17.8. The molecule has 0 spiro atoms. The Kier molecular flexibility index (Phi) is 6.51. The van der Waals surface area contributed by atoms with Crippen LogP contribution in [-0.2, 0) is 4.79 Å². The SMILES string of the molecule is CC[C@H](Oc1cccc2ccccc12)C(=O)Nc1ccccc1C(=O)N1CCCCC1. The van der Waals surface area contributed by atoms with Gasteiger partial charge < -0.3 is 15.0 Å². The molecule has 1 aliphatic heterocycles. The molecule has 1 saturated heterocycles. The fraction of sp³-hybridized carbons (Fsp3) is 0.308. The number of carbonyl (C=O) groups excluding carboxylic acids is 2. The molecule has 1 aliphatic rings. The Hall–Kier alpha value is -3.34. The molecule has 31 heavy (non-hydrogen) atoms. The smallest absolute Gasteiger partial charge is 0.265 e. The van der Waals surface area contributed by atoms with E-state index >= 15 is 0 Å². The summed E-state index contributed by atoms with van der Waals surface area (Å²) >= 11 is 0. The van der Waals surface area contributed by atoms with Gasteiger partial charge in [-0.2, -0.15) is 0 Å². The molecule has 160 valence electrons. The summed E-state index contributed by atoms with van der Waals surface area (Å²) in [7, 11) is 0. The van der Waals surface area contributed by atoms with Crippen LogP contribution in [-0.4, -0.2) is 35.9 Å². The molecule has 1 fully saturated rings. The zero-order chi connectivity index (χ0) is 21.6. The fourth-order valence-corrected chi connectivity index (χ4v) is 4.03. The summed E-state index contributed by atoms with van der Waals surface area (Å²) in [4.78, 5) is 28.0. The molecular weight excluding hydrogens is 388 g/mol. The topological polar surface area (TPSA) is 58.6 Å². The van der Waals surface area contributed by atoms with Crippen LogP contribution in [0.3, 0.4) is 0 Å². The van der Waals surface area contributed by atoms with Crippen LogP contribution in [0.25, 0.3) is 10.8 Å². The second-order valence-corrected chi connectivity index (χ2v) is 7.88. The molecule has 0 aliphatic carbocycles. The molecule has 1 N–H and O–H groups in total. The van der Waals surface area contributed by atoms with Crippen LogP contribution in [0.4, 0.5) is 5.69 Å². The number of likely N-dealkylation sites (tertiary alicyclic amines) is 1. The van der Waals surface area contributed by atoms with Crippen molar-refractivity contribution in [2.24, 2.45) is 0 Å². The van der Waals surface area contributed by atoms with E-state index in [-0.39, 0.29) is 11.8 Å². The van der Waals surface area contributed by atoms with Crippen LogP contribution in [0.15, 0.2) is 66.7 Å². The monoisotopic (exact) mass is 416 g/mol. The minimum atomic E-state index is -0.663. The van der Waals surface area contributed by atoms with Crippen molar-refractivity contribution in [2.45, 2.75) is 38.7 Å². The van der Waals surface area contributed by atoms with Gasteiger partial charge >= 0.3 is 0 Å². The number of hydrogen-bond donors (Lipinski definition) is 1. The average Bonchev–Trinajstić information content (AvgIpc) is 2.83. The van der Waals surface area contributed by atoms with Gasteiger partial charge in [-0.05, 0) is 49.3 Å². The van der Waals surface area contributed by atoms with E-state index in [2.05, 4.69) is 5.32 Å². The molecule has 4 rings (SSSR count). The highest BCUT2D eigenvalue weighted by molar-refractivity contribution is 6.04. The highest BCUT2D eigenvalue weighted by Gasteiger charge is 2.24. The summed E-state index contributed by atoms with van der Waals surface area (Å²) in [6.45, 7) is 3.45. The second-order valence-electron chi connectivity index (χ2n) is 7.88. The largest absolute Gasteiger partial charge is 0.480 e. The first-order valence-electron chi connectivity index (χ1n) is 11.0. The Morgan fingerprint density at radius 2 is 1.65 bits per heavy atom. The third-order valence-electron chi connectivity index (χ3n) is 5.74. The maximum Gasteiger partial charge on any atom is 0.265 e. The zero-order valence-electron chi connectivity index (χ0n) is 17.8. The van der Waals surface area contributed by atoms with E-state index in [1.54, 1.807) is 12.1 Å². The predicted molar refractivity (Wildman–Crippen MR) is 123 cm³/mol. The number of fused-ring (bicyclic) bond motifs is 1. The van der Waals surface area contributed by atoms with Crippen LogP contribution in [0, 0.1) is 0 Å². The van der Waals surface area contributed by atoms with Gasteiger partial charge in [-0.1, -0.05) is 55.5 Å². The van der Waals surface area contributed by atoms with E-state index in [0.717, 1.165) is 43.1 Å². The first kappa shape index (κ1) is 20.9. The van der Waals surface area contributed by atoms with Crippen molar-refractivity contribution in [1.82, 2.24) is 4.90 Å². The average molecular weight is 417 g/mol. The van der Waals surface area contributed by atoms with Crippen molar-refractivity contribution >= 4 is 28.3 Å². The Bertz CT molecular complexity index is 1070. The molecule has 3 aromatic carbocycles. The Morgan fingerprint density at radius 3 is 2.45 bits per heavy atom. The normalized spacial score (nSPS) is 14.8. The summed E-state index contributed by atoms with van der Waals surface area (Å²) < 4.78 is 6.12. The maximum absolute atomic E-state index is 13.1. The number of nitrogens with one attached hydrogen (secondary N) is 1. The lowest BCUT2D eigenvalue weighted by atomic mass is 10.1. The fourth-order valence-electron chi connectivity index (χ4n) is 4.03. The third kappa shape index (κ3) is 4.71. The number of hydrogen-bond acceptors (Lipinski definition) is 3. The van der Waals surface area contributed by atoms with Crippen molar-refractivity contribution in [3.63, 3.8) is 0 Å². The van der Waals surface area contributed by atoms with Gasteiger partial charge in [0.1, 0.15) is 5.75 Å². The summed E-state index contributed by atoms with van der Waals surface area (Å²) in [5, 5.41) is 4.97. The van der Waals surface area contributed by atoms with Gasteiger partial charge in [-0.3, -0.25) is 9.59 Å². The molecule has 0 aromatic heterocycles. The first-order valence-corrected chi connectivity index (χ1v) is 11.0. The van der Waals surface area contributed by atoms with Crippen LogP contribution in [0.1, 0.15) is 43.0 Å². The molecule has 5 nitrogen and oxygen atoms in total. The Balaban J connectivity index is 1.52. The van der Waals surface area contributed by atoms with Gasteiger partial charge in [0.2, 0.25) is 0 Å². The number of carbonyl (C=O) groups is 2. The summed E-state index contributed by atoms with van der Waals surface area (Å²) in [6.07, 6.45) is 3.06. The van der Waals surface area contributed by atoms with Gasteiger partial charge in [-0.15, -0.1) is 0 Å². The first-order chi connectivity index (χ1) is 15.2. The van der Waals surface area contributed by atoms with E-state index < -0.39 is 6.10 Å². The molecule has 0 saturated carbocycles. The van der Waals surface area contributed by atoms with Crippen molar-refractivity contribution in [2.75, 3.05) is 18.4 Å². The lowest BCUT2D eigenvalue weighted by Crippen LogP contribution is -2.37. The highest BCUT2D eigenvalue weighted by atomic mass is 16.5. The third-order valence-corrected chi connectivity index (χ3v) is 5.74. The lowest BCUT2D eigenvalue weighted by molar-refractivity contribution is -0.122. The van der Waals surface area contributed by atoms with Gasteiger partial charge in [0.25, 0.3) is 11.8 Å². The van der Waals surface area contributed by atoms with Crippen LogP contribution < -0.4 is 10.1 Å². The molecule has 1 atom stereocenters. The van der Waals surface area contributed by atoms with Gasteiger partial charge in [0.05, 0.1) is 11.3 Å². The summed E-state index contributed by atoms with van der Waals surface area (Å²) in [6, 6.07) is 21.0. The van der Waals surface area contributed by atoms with Gasteiger partial charge in [-0.25, -0.2) is 0 Å². The standard InChI is InChI=1S/C26H28N2O3/c1-2-23(31-24-16-10-12-19-11-4-5-13-20(19)24)25(29)27-22-15-7-6-14-21(22)26(30)28-17-8-3-9-18-28/h4-7,10-16,23H,2-3,8-9,17-18H2,1H3,(H,27,29)/t23-/m0/s1. The molecule has 1 heterocycles. The van der Waals surface area contributed by atoms with E-state index in [1.807, 2.05) is 66.4 Å². The Morgan fingerprint density at radius 1 is 0.935 bits per heavy atom. The van der Waals surface area contributed by atoms with E-state index in [9.17, 15) is 9.59 Å². The highest BCUT2D eigenvalue weighted by Crippen LogP contribution is 2.27. The van der Waals surface area contributed by atoms with Crippen molar-refractivity contribution in [1.29, 1.82) is 0 Å². The molecule has 3 aromatic rings. The number of benzene rings is 3. The van der Waals surface area contributed by atoms with Crippen LogP contribution in [0.5, 0.6) is 5.75 Å². The van der Waals surface area contributed by atoms with E-state index in [1.165, 1.54) is 0 Å². The van der Waals surface area contributed by atoms with Crippen molar-refractivity contribution in [3.8, 4) is 5.75 Å². The lowest BCUT2D eigenvalue weighted by Gasteiger charge is -2.27. The van der Waals surface area contributed by atoms with Crippen molar-refractivity contribution in [3.05, 3.63) is 72.3 Å². The second kappa shape index (κ2) is 9.65. The minimum Gasteiger partial charge on any atom is -0.480 e. The predicted octanol–water partition coefficient (Wildman–Crippen LogP) is 5.26. The number of para-hydroxylation sites is 1. The van der Waals surface area contributed by atoms with E-state index in [4.69, 9.17) is 4.74 Å². The van der Waals surface area contributed by atoms with Crippen LogP contribution in [0.2, 0.25) is 0 Å². The molecule has 0 bridgehead atoms. The quantitative estimate of drug-likeness (QED) is 0.596. The summed E-state index contributed by atoms with van der Waals surface area (Å²) in [5.41, 5.74) is 1.06. The van der Waals surface area contributed by atoms with Gasteiger partial charge in [0.15, 0.2) is 6.10 Å². The number of ether oxygens (including phenoxy) is 1. The minimum absolute atomic E-state index is 0.0291. The molecular formula is C26H28N2O3. The van der Waals surface area contributed by atoms with E-state index in [0.29, 0.717) is 23.4 Å². The number of amides is 2. The maximum atomic E-state index is 13.1. The molecule has 5 heteroatoms. The number of piperidine rings is 1. The Labute approximate surface area is 183 Å². The number of anilines is 1. The number of nitrogens with zero attached hydrogens (tertiary/aromatic N) is 1. The van der Waals surface area contributed by atoms with Crippen LogP contribution >= 0.6 is 0 Å².